The van der Waals surface area contributed by atoms with Gasteiger partial charge in [0.2, 0.25) is 0 Å². The van der Waals surface area contributed by atoms with E-state index >= 15 is 0 Å². The normalized spacial score (nSPS) is 14.9. The molecule has 0 aliphatic carbocycles. The van der Waals surface area contributed by atoms with Crippen molar-refractivity contribution in [1.82, 2.24) is 15.0 Å². The third-order valence-electron chi connectivity index (χ3n) is 3.20. The Morgan fingerprint density at radius 3 is 2.91 bits per heavy atom. The van der Waals surface area contributed by atoms with Crippen molar-refractivity contribution in [2.45, 2.75) is 0 Å². The summed E-state index contributed by atoms with van der Waals surface area (Å²) in [5.41, 5.74) is 6.06. The number of anilines is 2. The Morgan fingerprint density at radius 2 is 2.18 bits per heavy atom. The van der Waals surface area contributed by atoms with Gasteiger partial charge in [-0.3, -0.25) is 0 Å². The summed E-state index contributed by atoms with van der Waals surface area (Å²) in [7, 11) is 1.31. The van der Waals surface area contributed by atoms with Crippen molar-refractivity contribution in [3.8, 4) is 11.5 Å². The van der Waals surface area contributed by atoms with Crippen molar-refractivity contribution in [3.05, 3.63) is 17.1 Å². The van der Waals surface area contributed by atoms with Gasteiger partial charge in [0.05, 0.1) is 20.3 Å². The molecule has 0 atom stereocenters. The van der Waals surface area contributed by atoms with Gasteiger partial charge in [0, 0.05) is 19.3 Å². The molecule has 2 aromatic rings. The summed E-state index contributed by atoms with van der Waals surface area (Å²) >= 11 is 1.06. The van der Waals surface area contributed by atoms with Gasteiger partial charge in [-0.1, -0.05) is 11.3 Å². The molecule has 0 radical (unpaired) electrons. The van der Waals surface area contributed by atoms with E-state index in [9.17, 15) is 4.79 Å². The highest BCUT2D eigenvalue weighted by molar-refractivity contribution is 7.17. The molecule has 3 rings (SSSR count). The van der Waals surface area contributed by atoms with Gasteiger partial charge in [0.1, 0.15) is 16.4 Å². The van der Waals surface area contributed by atoms with Crippen LogP contribution in [-0.2, 0) is 9.47 Å². The number of morpholine rings is 1. The second kappa shape index (κ2) is 6.24. The molecule has 8 nitrogen and oxygen atoms in total. The molecular weight excluding hydrogens is 306 g/mol. The lowest BCUT2D eigenvalue weighted by Gasteiger charge is -2.27. The topological polar surface area (TPSA) is 103 Å². The molecule has 0 unspecified atom stereocenters. The number of nitrogens with zero attached hydrogens (tertiary/aromatic N) is 4. The minimum atomic E-state index is -0.496. The van der Waals surface area contributed by atoms with Crippen molar-refractivity contribution in [2.24, 2.45) is 0 Å². The Balaban J connectivity index is 1.97. The lowest BCUT2D eigenvalue weighted by atomic mass is 10.3. The smallest absolute Gasteiger partial charge is 0.350 e. The molecule has 9 heteroatoms. The first kappa shape index (κ1) is 14.7. The van der Waals surface area contributed by atoms with E-state index in [1.54, 1.807) is 6.20 Å². The summed E-state index contributed by atoms with van der Waals surface area (Å²) in [5.74, 6) is 0.637. The van der Waals surface area contributed by atoms with Gasteiger partial charge >= 0.3 is 5.97 Å². The van der Waals surface area contributed by atoms with Crippen molar-refractivity contribution in [3.63, 3.8) is 0 Å². The molecule has 2 aromatic heterocycles. The van der Waals surface area contributed by atoms with E-state index in [0.717, 1.165) is 30.2 Å². The van der Waals surface area contributed by atoms with Crippen LogP contribution in [0.25, 0.3) is 11.5 Å². The Bertz CT molecular complexity index is 684. The Kier molecular flexibility index (Phi) is 4.16. The third kappa shape index (κ3) is 2.85. The number of hydrogen-bond donors (Lipinski definition) is 1. The molecule has 1 aliphatic heterocycles. The maximum absolute atomic E-state index is 11.8. The SMILES string of the molecule is COC(=O)c1sc(N)nc1-c1nccc(N2CCOCC2)n1. The van der Waals surface area contributed by atoms with Crippen molar-refractivity contribution < 1.29 is 14.3 Å². The molecule has 1 aliphatic rings. The molecular formula is C13H15N5O3S. The highest BCUT2D eigenvalue weighted by atomic mass is 32.1. The van der Waals surface area contributed by atoms with Crippen LogP contribution in [0, 0.1) is 0 Å². The molecule has 1 saturated heterocycles. The number of methoxy groups -OCH3 is 1. The number of nitrogen functional groups attached to an aromatic ring is 1. The standard InChI is InChI=1S/C13H15N5O3S/c1-20-12(19)10-9(17-13(14)22-10)11-15-3-2-8(16-11)18-4-6-21-7-5-18/h2-3H,4-7H2,1H3,(H2,14,17). The fourth-order valence-corrected chi connectivity index (χ4v) is 2.90. The van der Waals surface area contributed by atoms with Crippen LogP contribution in [0.5, 0.6) is 0 Å². The summed E-state index contributed by atoms with van der Waals surface area (Å²) < 4.78 is 10.1. The second-order valence-corrected chi connectivity index (χ2v) is 5.59. The quantitative estimate of drug-likeness (QED) is 0.828. The molecule has 3 heterocycles. The minimum absolute atomic E-state index is 0.274. The molecule has 1 fully saturated rings. The number of rotatable bonds is 3. The monoisotopic (exact) mass is 321 g/mol. The van der Waals surface area contributed by atoms with E-state index in [1.165, 1.54) is 7.11 Å². The second-order valence-electron chi connectivity index (χ2n) is 4.56. The van der Waals surface area contributed by atoms with Crippen LogP contribution in [0.2, 0.25) is 0 Å². The summed E-state index contributed by atoms with van der Waals surface area (Å²) in [4.78, 5) is 27.1. The van der Waals surface area contributed by atoms with E-state index in [-0.39, 0.29) is 5.13 Å². The molecule has 0 spiro atoms. The summed E-state index contributed by atoms with van der Waals surface area (Å²) in [6.07, 6.45) is 1.64. The van der Waals surface area contributed by atoms with Crippen LogP contribution < -0.4 is 10.6 Å². The predicted molar refractivity (Wildman–Crippen MR) is 81.9 cm³/mol. The number of carbonyl (C=O) groups excluding carboxylic acids is 1. The molecule has 116 valence electrons. The number of carbonyl (C=O) groups is 1. The van der Waals surface area contributed by atoms with E-state index in [1.807, 2.05) is 6.07 Å². The molecule has 0 saturated carbocycles. The number of aromatic nitrogens is 3. The number of esters is 1. The first-order valence-electron chi connectivity index (χ1n) is 6.70. The van der Waals surface area contributed by atoms with Crippen LogP contribution in [0.15, 0.2) is 12.3 Å². The van der Waals surface area contributed by atoms with Gasteiger partial charge in [0.25, 0.3) is 0 Å². The number of nitrogens with two attached hydrogens (primary N) is 1. The van der Waals surface area contributed by atoms with Crippen LogP contribution >= 0.6 is 11.3 Å². The van der Waals surface area contributed by atoms with Gasteiger partial charge in [-0.2, -0.15) is 0 Å². The third-order valence-corrected chi connectivity index (χ3v) is 4.07. The number of thiazole rings is 1. The zero-order chi connectivity index (χ0) is 15.5. The molecule has 2 N–H and O–H groups in total. The maximum Gasteiger partial charge on any atom is 0.350 e. The largest absolute Gasteiger partial charge is 0.465 e. The fraction of sp³-hybridized carbons (Fsp3) is 0.385. The van der Waals surface area contributed by atoms with Crippen LogP contribution in [0.3, 0.4) is 0 Å². The fourth-order valence-electron chi connectivity index (χ4n) is 2.15. The van der Waals surface area contributed by atoms with Crippen molar-refractivity contribution in [2.75, 3.05) is 44.0 Å². The summed E-state index contributed by atoms with van der Waals surface area (Å²) in [6, 6.07) is 1.82. The molecule has 0 aromatic carbocycles. The van der Waals surface area contributed by atoms with E-state index < -0.39 is 5.97 Å². The van der Waals surface area contributed by atoms with E-state index in [2.05, 4.69) is 19.9 Å². The van der Waals surface area contributed by atoms with Gasteiger partial charge in [-0.25, -0.2) is 19.7 Å². The average Bonchev–Trinajstić information content (AvgIpc) is 2.97. The first-order chi connectivity index (χ1) is 10.7. The first-order valence-corrected chi connectivity index (χ1v) is 7.51. The van der Waals surface area contributed by atoms with Crippen LogP contribution in [0.1, 0.15) is 9.67 Å². The van der Waals surface area contributed by atoms with Gasteiger partial charge < -0.3 is 20.1 Å². The predicted octanol–water partition coefficient (Wildman–Crippen LogP) is 0.805. The van der Waals surface area contributed by atoms with Gasteiger partial charge in [-0.15, -0.1) is 0 Å². The van der Waals surface area contributed by atoms with Crippen molar-refractivity contribution >= 4 is 28.3 Å². The minimum Gasteiger partial charge on any atom is -0.465 e. The maximum atomic E-state index is 11.8. The van der Waals surface area contributed by atoms with Crippen LogP contribution in [0.4, 0.5) is 10.9 Å². The number of hydrogen-bond acceptors (Lipinski definition) is 9. The zero-order valence-electron chi connectivity index (χ0n) is 12.0. The molecule has 0 bridgehead atoms. The van der Waals surface area contributed by atoms with Crippen LogP contribution in [-0.4, -0.2) is 54.3 Å². The lowest BCUT2D eigenvalue weighted by molar-refractivity contribution is 0.0607. The van der Waals surface area contributed by atoms with Crippen molar-refractivity contribution in [1.29, 1.82) is 0 Å². The van der Waals surface area contributed by atoms with E-state index in [0.29, 0.717) is 29.6 Å². The zero-order valence-corrected chi connectivity index (χ0v) is 12.8. The Hall–Kier alpha value is -2.26. The Morgan fingerprint density at radius 1 is 1.41 bits per heavy atom. The summed E-state index contributed by atoms with van der Waals surface area (Å²) in [6.45, 7) is 2.85. The Labute approximate surface area is 130 Å². The highest BCUT2D eigenvalue weighted by Crippen LogP contribution is 2.29. The van der Waals surface area contributed by atoms with E-state index in [4.69, 9.17) is 15.2 Å². The lowest BCUT2D eigenvalue weighted by Crippen LogP contribution is -2.36. The van der Waals surface area contributed by atoms with Gasteiger partial charge in [-0.05, 0) is 6.07 Å². The molecule has 0 amide bonds. The molecule has 22 heavy (non-hydrogen) atoms. The number of ether oxygens (including phenoxy) is 2. The summed E-state index contributed by atoms with van der Waals surface area (Å²) in [5, 5.41) is 0.274. The highest BCUT2D eigenvalue weighted by Gasteiger charge is 2.22. The van der Waals surface area contributed by atoms with Gasteiger partial charge in [0.15, 0.2) is 11.0 Å². The average molecular weight is 321 g/mol.